The number of imidazole rings is 1. The molecule has 2 N–H and O–H groups in total. The van der Waals surface area contributed by atoms with Crippen LogP contribution in [0.1, 0.15) is 38.1 Å². The van der Waals surface area contributed by atoms with E-state index < -0.39 is 5.60 Å². The summed E-state index contributed by atoms with van der Waals surface area (Å²) in [6.45, 7) is 7.46. The smallest absolute Gasteiger partial charge is 0.256 e. The summed E-state index contributed by atoms with van der Waals surface area (Å²) in [5.41, 5.74) is 2.39. The first-order valence-electron chi connectivity index (χ1n) is 7.50. The molecule has 5 heteroatoms. The number of rotatable bonds is 5. The molecule has 1 heterocycles. The Kier molecular flexibility index (Phi) is 4.66. The summed E-state index contributed by atoms with van der Waals surface area (Å²) < 4.78 is 1.99. The molecule has 0 aliphatic heterocycles. The summed E-state index contributed by atoms with van der Waals surface area (Å²) in [6, 6.07) is 7.48. The molecule has 1 aromatic carbocycles. The van der Waals surface area contributed by atoms with Crippen molar-refractivity contribution in [3.8, 4) is 5.69 Å². The zero-order chi connectivity index (χ0) is 16.3. The van der Waals surface area contributed by atoms with Gasteiger partial charge in [0.05, 0.1) is 12.0 Å². The van der Waals surface area contributed by atoms with Crippen molar-refractivity contribution in [2.45, 2.75) is 46.1 Å². The lowest BCUT2D eigenvalue weighted by Crippen LogP contribution is -2.39. The molecule has 1 amide bonds. The SMILES string of the molecule is CCCC(C)(O)C(=O)Nc1ccc(-n2cnc(C)c2C)cc1. The van der Waals surface area contributed by atoms with E-state index in [1.165, 1.54) is 6.92 Å². The quantitative estimate of drug-likeness (QED) is 0.892. The van der Waals surface area contributed by atoms with Crippen molar-refractivity contribution in [3.05, 3.63) is 42.0 Å². The standard InChI is InChI=1S/C17H23N3O2/c1-5-10-17(4,22)16(21)19-14-6-8-15(9-7-14)20-11-18-12(2)13(20)3/h6-9,11,22H,5,10H2,1-4H3,(H,19,21). The molecule has 2 rings (SSSR count). The van der Waals surface area contributed by atoms with Gasteiger partial charge < -0.3 is 15.0 Å². The lowest BCUT2D eigenvalue weighted by Gasteiger charge is -2.21. The molecule has 0 aliphatic carbocycles. The molecule has 5 nitrogen and oxygen atoms in total. The van der Waals surface area contributed by atoms with E-state index in [1.807, 2.05) is 49.6 Å². The Bertz CT molecular complexity index is 657. The fourth-order valence-corrected chi connectivity index (χ4v) is 2.33. The fraction of sp³-hybridized carbons (Fsp3) is 0.412. The number of benzene rings is 1. The lowest BCUT2D eigenvalue weighted by molar-refractivity contribution is -0.133. The molecule has 0 saturated carbocycles. The van der Waals surface area contributed by atoms with E-state index in [0.29, 0.717) is 12.1 Å². The van der Waals surface area contributed by atoms with Gasteiger partial charge in [-0.05, 0) is 51.5 Å². The van der Waals surface area contributed by atoms with Crippen LogP contribution in [0.2, 0.25) is 0 Å². The summed E-state index contributed by atoms with van der Waals surface area (Å²) in [4.78, 5) is 16.3. The molecule has 1 unspecified atom stereocenters. The number of aryl methyl sites for hydroxylation is 1. The summed E-state index contributed by atoms with van der Waals surface area (Å²) in [6.07, 6.45) is 2.97. The Morgan fingerprint density at radius 2 is 1.95 bits per heavy atom. The molecule has 0 aliphatic rings. The highest BCUT2D eigenvalue weighted by molar-refractivity contribution is 5.96. The molecule has 0 saturated heterocycles. The number of hydrogen-bond acceptors (Lipinski definition) is 3. The highest BCUT2D eigenvalue weighted by atomic mass is 16.3. The van der Waals surface area contributed by atoms with Crippen molar-refractivity contribution in [3.63, 3.8) is 0 Å². The zero-order valence-electron chi connectivity index (χ0n) is 13.6. The number of anilines is 1. The first-order chi connectivity index (χ1) is 10.3. The van der Waals surface area contributed by atoms with Gasteiger partial charge in [0, 0.05) is 17.1 Å². The predicted octanol–water partition coefficient (Wildman–Crippen LogP) is 2.98. The van der Waals surface area contributed by atoms with Crippen LogP contribution in [0.25, 0.3) is 5.69 Å². The van der Waals surface area contributed by atoms with Crippen molar-refractivity contribution < 1.29 is 9.90 Å². The van der Waals surface area contributed by atoms with Crippen molar-refractivity contribution in [2.24, 2.45) is 0 Å². The normalized spacial score (nSPS) is 13.7. The van der Waals surface area contributed by atoms with Crippen LogP contribution in [0.4, 0.5) is 5.69 Å². The number of nitrogens with zero attached hydrogens (tertiary/aromatic N) is 2. The van der Waals surface area contributed by atoms with Gasteiger partial charge in [-0.1, -0.05) is 13.3 Å². The number of carbonyl (C=O) groups excluding carboxylic acids is 1. The Hall–Kier alpha value is -2.14. The van der Waals surface area contributed by atoms with Crippen molar-refractivity contribution in [2.75, 3.05) is 5.32 Å². The Labute approximate surface area is 131 Å². The third-order valence-electron chi connectivity index (χ3n) is 3.88. The van der Waals surface area contributed by atoms with E-state index in [-0.39, 0.29) is 5.91 Å². The van der Waals surface area contributed by atoms with Gasteiger partial charge in [-0.15, -0.1) is 0 Å². The topological polar surface area (TPSA) is 67.2 Å². The van der Waals surface area contributed by atoms with E-state index in [4.69, 9.17) is 0 Å². The molecule has 22 heavy (non-hydrogen) atoms. The molecule has 0 spiro atoms. The maximum absolute atomic E-state index is 12.1. The minimum absolute atomic E-state index is 0.378. The summed E-state index contributed by atoms with van der Waals surface area (Å²) in [5.74, 6) is -0.378. The van der Waals surface area contributed by atoms with Crippen LogP contribution < -0.4 is 5.32 Å². The molecule has 1 aromatic heterocycles. The van der Waals surface area contributed by atoms with Gasteiger partial charge in [-0.3, -0.25) is 4.79 Å². The predicted molar refractivity (Wildman–Crippen MR) is 87.2 cm³/mol. The third-order valence-corrected chi connectivity index (χ3v) is 3.88. The van der Waals surface area contributed by atoms with Gasteiger partial charge in [0.2, 0.25) is 0 Å². The van der Waals surface area contributed by atoms with E-state index in [1.54, 1.807) is 6.33 Å². The van der Waals surface area contributed by atoms with Crippen LogP contribution in [0, 0.1) is 13.8 Å². The number of hydrogen-bond donors (Lipinski definition) is 2. The molecule has 2 aromatic rings. The largest absolute Gasteiger partial charge is 0.380 e. The second-order valence-corrected chi connectivity index (χ2v) is 5.81. The van der Waals surface area contributed by atoms with E-state index in [2.05, 4.69) is 10.3 Å². The van der Waals surface area contributed by atoms with Crippen LogP contribution in [0.15, 0.2) is 30.6 Å². The molecule has 118 valence electrons. The van der Waals surface area contributed by atoms with Gasteiger partial charge in [-0.2, -0.15) is 0 Å². The van der Waals surface area contributed by atoms with Gasteiger partial charge in [0.1, 0.15) is 5.60 Å². The Morgan fingerprint density at radius 3 is 2.45 bits per heavy atom. The van der Waals surface area contributed by atoms with Crippen LogP contribution in [-0.2, 0) is 4.79 Å². The zero-order valence-corrected chi connectivity index (χ0v) is 13.6. The maximum Gasteiger partial charge on any atom is 0.256 e. The minimum Gasteiger partial charge on any atom is -0.380 e. The highest BCUT2D eigenvalue weighted by Gasteiger charge is 2.28. The minimum atomic E-state index is -1.34. The second-order valence-electron chi connectivity index (χ2n) is 5.81. The Morgan fingerprint density at radius 1 is 1.32 bits per heavy atom. The highest BCUT2D eigenvalue weighted by Crippen LogP contribution is 2.19. The van der Waals surface area contributed by atoms with Crippen LogP contribution in [-0.4, -0.2) is 26.2 Å². The molecule has 0 radical (unpaired) electrons. The number of amides is 1. The number of aromatic nitrogens is 2. The fourth-order valence-electron chi connectivity index (χ4n) is 2.33. The Balaban J connectivity index is 2.13. The van der Waals surface area contributed by atoms with Crippen LogP contribution in [0.3, 0.4) is 0 Å². The van der Waals surface area contributed by atoms with Gasteiger partial charge in [0.25, 0.3) is 5.91 Å². The average Bonchev–Trinajstić information content (AvgIpc) is 2.80. The molecule has 0 fully saturated rings. The number of aliphatic hydroxyl groups is 1. The third kappa shape index (κ3) is 3.36. The second kappa shape index (κ2) is 6.32. The van der Waals surface area contributed by atoms with Gasteiger partial charge >= 0.3 is 0 Å². The monoisotopic (exact) mass is 301 g/mol. The van der Waals surface area contributed by atoms with Gasteiger partial charge in [0.15, 0.2) is 0 Å². The van der Waals surface area contributed by atoms with Crippen molar-refractivity contribution in [1.82, 2.24) is 9.55 Å². The van der Waals surface area contributed by atoms with Crippen molar-refractivity contribution >= 4 is 11.6 Å². The summed E-state index contributed by atoms with van der Waals surface area (Å²) in [7, 11) is 0. The molecular weight excluding hydrogens is 278 g/mol. The van der Waals surface area contributed by atoms with E-state index >= 15 is 0 Å². The lowest BCUT2D eigenvalue weighted by atomic mass is 9.99. The maximum atomic E-state index is 12.1. The first kappa shape index (κ1) is 16.2. The van der Waals surface area contributed by atoms with Gasteiger partial charge in [-0.25, -0.2) is 4.98 Å². The first-order valence-corrected chi connectivity index (χ1v) is 7.50. The summed E-state index contributed by atoms with van der Waals surface area (Å²) in [5, 5.41) is 12.8. The van der Waals surface area contributed by atoms with Crippen LogP contribution in [0.5, 0.6) is 0 Å². The molecule has 0 bridgehead atoms. The number of nitrogens with one attached hydrogen (secondary N) is 1. The average molecular weight is 301 g/mol. The molecular formula is C17H23N3O2. The van der Waals surface area contributed by atoms with Crippen LogP contribution >= 0.6 is 0 Å². The number of carbonyl (C=O) groups is 1. The van der Waals surface area contributed by atoms with E-state index in [0.717, 1.165) is 23.5 Å². The molecule has 1 atom stereocenters. The summed E-state index contributed by atoms with van der Waals surface area (Å²) >= 11 is 0. The van der Waals surface area contributed by atoms with E-state index in [9.17, 15) is 9.90 Å². The van der Waals surface area contributed by atoms with Crippen molar-refractivity contribution in [1.29, 1.82) is 0 Å².